The summed E-state index contributed by atoms with van der Waals surface area (Å²) in [5, 5.41) is 0.464. The molecule has 0 fully saturated rings. The Morgan fingerprint density at radius 3 is 2.71 bits per heavy atom. The maximum absolute atomic E-state index is 11.3. The quantitative estimate of drug-likeness (QED) is 0.461. The second-order valence-corrected chi connectivity index (χ2v) is 3.85. The normalized spacial score (nSPS) is 10.0. The van der Waals surface area contributed by atoms with Crippen molar-refractivity contribution in [2.45, 2.75) is 4.90 Å². The lowest BCUT2D eigenvalue weighted by molar-refractivity contribution is 0.0596. The minimum Gasteiger partial charge on any atom is -0.465 e. The summed E-state index contributed by atoms with van der Waals surface area (Å²) in [7, 11) is 1.30. The Kier molecular flexibility index (Phi) is 4.04. The standard InChI is InChI=1S/C8H7Cl2NO2S/c1-13-8(12)4-3-11-7(10)5(9)6(4)14-2/h3H,1-2H3. The van der Waals surface area contributed by atoms with E-state index in [0.29, 0.717) is 10.5 Å². The van der Waals surface area contributed by atoms with Gasteiger partial charge < -0.3 is 4.74 Å². The van der Waals surface area contributed by atoms with E-state index in [0.717, 1.165) is 0 Å². The van der Waals surface area contributed by atoms with Crippen molar-refractivity contribution in [3.8, 4) is 0 Å². The van der Waals surface area contributed by atoms with Crippen molar-refractivity contribution >= 4 is 40.9 Å². The highest BCUT2D eigenvalue weighted by atomic mass is 35.5. The fraction of sp³-hybridized carbons (Fsp3) is 0.250. The van der Waals surface area contributed by atoms with E-state index < -0.39 is 5.97 Å². The maximum Gasteiger partial charge on any atom is 0.340 e. The number of pyridine rings is 1. The Balaban J connectivity index is 3.31. The van der Waals surface area contributed by atoms with E-state index in [-0.39, 0.29) is 10.2 Å². The number of carbonyl (C=O) groups excluding carboxylic acids is 1. The van der Waals surface area contributed by atoms with Gasteiger partial charge in [0.2, 0.25) is 0 Å². The van der Waals surface area contributed by atoms with E-state index in [1.165, 1.54) is 25.1 Å². The molecule has 0 aromatic carbocycles. The van der Waals surface area contributed by atoms with Crippen LogP contribution in [-0.2, 0) is 4.74 Å². The van der Waals surface area contributed by atoms with Crippen LogP contribution in [0.5, 0.6) is 0 Å². The van der Waals surface area contributed by atoms with Crippen molar-refractivity contribution in [3.63, 3.8) is 0 Å². The fourth-order valence-corrected chi connectivity index (χ4v) is 2.12. The molecule has 0 spiro atoms. The third kappa shape index (κ3) is 2.13. The molecule has 0 unspecified atom stereocenters. The van der Waals surface area contributed by atoms with Crippen LogP contribution in [0.3, 0.4) is 0 Å². The summed E-state index contributed by atoms with van der Waals surface area (Å²) in [5.41, 5.74) is 0.328. The highest BCUT2D eigenvalue weighted by Gasteiger charge is 2.17. The Morgan fingerprint density at radius 2 is 2.21 bits per heavy atom. The highest BCUT2D eigenvalue weighted by molar-refractivity contribution is 7.98. The Morgan fingerprint density at radius 1 is 1.57 bits per heavy atom. The molecule has 0 aliphatic rings. The van der Waals surface area contributed by atoms with Crippen molar-refractivity contribution in [1.29, 1.82) is 0 Å². The molecule has 1 aromatic rings. The summed E-state index contributed by atoms with van der Waals surface area (Å²) >= 11 is 12.9. The van der Waals surface area contributed by atoms with Gasteiger partial charge in [-0.05, 0) is 6.26 Å². The topological polar surface area (TPSA) is 39.2 Å². The number of hydrogen-bond donors (Lipinski definition) is 0. The molecule has 3 nitrogen and oxygen atoms in total. The third-order valence-electron chi connectivity index (χ3n) is 1.54. The Labute approximate surface area is 95.8 Å². The second-order valence-electron chi connectivity index (χ2n) is 2.30. The van der Waals surface area contributed by atoms with E-state index >= 15 is 0 Å². The Bertz CT molecular complexity index is 371. The molecular weight excluding hydrogens is 245 g/mol. The summed E-state index contributed by atoms with van der Waals surface area (Å²) < 4.78 is 4.58. The zero-order chi connectivity index (χ0) is 10.7. The monoisotopic (exact) mass is 251 g/mol. The van der Waals surface area contributed by atoms with Crippen LogP contribution in [0.25, 0.3) is 0 Å². The SMILES string of the molecule is COC(=O)c1cnc(Cl)c(Cl)c1SC. The lowest BCUT2D eigenvalue weighted by atomic mass is 10.3. The number of esters is 1. The molecule has 1 rings (SSSR count). The predicted octanol–water partition coefficient (Wildman–Crippen LogP) is 2.90. The van der Waals surface area contributed by atoms with Crippen LogP contribution in [-0.4, -0.2) is 24.3 Å². The largest absolute Gasteiger partial charge is 0.465 e. The Hall–Kier alpha value is -0.450. The van der Waals surface area contributed by atoms with Gasteiger partial charge in [-0.2, -0.15) is 0 Å². The summed E-state index contributed by atoms with van der Waals surface area (Å²) in [6.45, 7) is 0. The molecule has 0 bridgehead atoms. The van der Waals surface area contributed by atoms with Gasteiger partial charge in [-0.15, -0.1) is 11.8 Å². The van der Waals surface area contributed by atoms with Gasteiger partial charge in [-0.3, -0.25) is 0 Å². The van der Waals surface area contributed by atoms with E-state index in [1.54, 1.807) is 6.26 Å². The number of hydrogen-bond acceptors (Lipinski definition) is 4. The molecule has 6 heteroatoms. The maximum atomic E-state index is 11.3. The molecule has 0 amide bonds. The highest BCUT2D eigenvalue weighted by Crippen LogP contribution is 2.33. The summed E-state index contributed by atoms with van der Waals surface area (Å²) in [6, 6.07) is 0. The van der Waals surface area contributed by atoms with Crippen molar-refractivity contribution in [2.24, 2.45) is 0 Å². The van der Waals surface area contributed by atoms with E-state index in [4.69, 9.17) is 23.2 Å². The fourth-order valence-electron chi connectivity index (χ4n) is 0.903. The van der Waals surface area contributed by atoms with Gasteiger partial charge >= 0.3 is 5.97 Å². The van der Waals surface area contributed by atoms with Gasteiger partial charge in [0.05, 0.1) is 17.7 Å². The molecule has 0 N–H and O–H groups in total. The van der Waals surface area contributed by atoms with E-state index in [9.17, 15) is 4.79 Å². The minimum absolute atomic E-state index is 0.184. The van der Waals surface area contributed by atoms with Crippen LogP contribution in [0.1, 0.15) is 10.4 Å². The molecule has 0 saturated carbocycles. The van der Waals surface area contributed by atoms with Gasteiger partial charge in [0.15, 0.2) is 0 Å². The molecule has 0 aliphatic carbocycles. The smallest absolute Gasteiger partial charge is 0.340 e. The van der Waals surface area contributed by atoms with Crippen LogP contribution in [0.15, 0.2) is 11.1 Å². The van der Waals surface area contributed by atoms with Crippen LogP contribution in [0, 0.1) is 0 Å². The predicted molar refractivity (Wildman–Crippen MR) is 57.4 cm³/mol. The number of ether oxygens (including phenoxy) is 1. The van der Waals surface area contributed by atoms with Crippen LogP contribution >= 0.6 is 35.0 Å². The number of aromatic nitrogens is 1. The first-order chi connectivity index (χ1) is 6.61. The third-order valence-corrected chi connectivity index (χ3v) is 3.24. The molecule has 14 heavy (non-hydrogen) atoms. The van der Waals surface area contributed by atoms with Crippen molar-refractivity contribution < 1.29 is 9.53 Å². The number of methoxy groups -OCH3 is 1. The second kappa shape index (κ2) is 4.87. The molecule has 0 saturated heterocycles. The first-order valence-corrected chi connectivity index (χ1v) is 5.56. The van der Waals surface area contributed by atoms with E-state index in [2.05, 4.69) is 9.72 Å². The van der Waals surface area contributed by atoms with Crippen molar-refractivity contribution in [2.75, 3.05) is 13.4 Å². The van der Waals surface area contributed by atoms with Gasteiger partial charge in [0.25, 0.3) is 0 Å². The van der Waals surface area contributed by atoms with Crippen LogP contribution < -0.4 is 0 Å². The molecule has 0 radical (unpaired) electrons. The van der Waals surface area contributed by atoms with E-state index in [1.807, 2.05) is 0 Å². The van der Waals surface area contributed by atoms with Crippen molar-refractivity contribution in [1.82, 2.24) is 4.98 Å². The number of halogens is 2. The summed E-state index contributed by atoms with van der Waals surface area (Å²) in [6.07, 6.45) is 3.15. The summed E-state index contributed by atoms with van der Waals surface area (Å²) in [5.74, 6) is -0.472. The number of carbonyl (C=O) groups is 1. The van der Waals surface area contributed by atoms with Crippen molar-refractivity contribution in [3.05, 3.63) is 21.9 Å². The van der Waals surface area contributed by atoms with Crippen LogP contribution in [0.2, 0.25) is 10.2 Å². The first kappa shape index (κ1) is 11.6. The van der Waals surface area contributed by atoms with Gasteiger partial charge in [0, 0.05) is 11.1 Å². The molecule has 0 atom stereocenters. The molecular formula is C8H7Cl2NO2S. The molecule has 0 aliphatic heterocycles. The lowest BCUT2D eigenvalue weighted by Gasteiger charge is -2.07. The molecule has 1 heterocycles. The molecule has 76 valence electrons. The first-order valence-electron chi connectivity index (χ1n) is 3.58. The zero-order valence-electron chi connectivity index (χ0n) is 7.51. The van der Waals surface area contributed by atoms with Gasteiger partial charge in [0.1, 0.15) is 5.15 Å². The zero-order valence-corrected chi connectivity index (χ0v) is 9.83. The number of rotatable bonds is 2. The number of thioether (sulfide) groups is 1. The van der Waals surface area contributed by atoms with Gasteiger partial charge in [-0.1, -0.05) is 23.2 Å². The van der Waals surface area contributed by atoms with Gasteiger partial charge in [-0.25, -0.2) is 9.78 Å². The minimum atomic E-state index is -0.472. The lowest BCUT2D eigenvalue weighted by Crippen LogP contribution is -2.04. The number of nitrogens with zero attached hydrogens (tertiary/aromatic N) is 1. The average molecular weight is 252 g/mol. The van der Waals surface area contributed by atoms with Crippen LogP contribution in [0.4, 0.5) is 0 Å². The molecule has 1 aromatic heterocycles. The average Bonchev–Trinajstić information content (AvgIpc) is 2.20. The summed E-state index contributed by atoms with van der Waals surface area (Å²) in [4.78, 5) is 15.6.